The summed E-state index contributed by atoms with van der Waals surface area (Å²) in [4.78, 5) is 20.5. The van der Waals surface area contributed by atoms with E-state index in [2.05, 4.69) is 9.97 Å². The minimum atomic E-state index is -3.83. The SMILES string of the molecule is COc1cc(-c2ccc(Cl)c(C)c2)ccc1-n1c(=O)ccc2cc(S(=O)(=O)Cc3ncc(F)cn3)ccc21.P. The Morgan fingerprint density at radius 3 is 2.33 bits per heavy atom. The van der Waals surface area contributed by atoms with Crippen LogP contribution in [0.25, 0.3) is 27.7 Å². The van der Waals surface area contributed by atoms with Crippen molar-refractivity contribution in [2.24, 2.45) is 0 Å². The molecule has 0 fully saturated rings. The molecule has 0 saturated heterocycles. The fourth-order valence-electron chi connectivity index (χ4n) is 4.20. The van der Waals surface area contributed by atoms with Crippen LogP contribution in [0.1, 0.15) is 11.4 Å². The van der Waals surface area contributed by atoms with Crippen molar-refractivity contribution < 1.29 is 17.5 Å². The van der Waals surface area contributed by atoms with E-state index in [9.17, 15) is 17.6 Å². The molecule has 1 atom stereocenters. The number of hydrogen-bond donors (Lipinski definition) is 0. The second kappa shape index (κ2) is 11.2. The molecule has 3 aromatic carbocycles. The van der Waals surface area contributed by atoms with Crippen molar-refractivity contribution in [1.29, 1.82) is 0 Å². The van der Waals surface area contributed by atoms with Crippen LogP contribution in [-0.2, 0) is 15.6 Å². The third-order valence-corrected chi connectivity index (χ3v) is 8.16. The fourth-order valence-corrected chi connectivity index (χ4v) is 5.55. The maximum atomic E-state index is 13.1. The van der Waals surface area contributed by atoms with Crippen LogP contribution in [0, 0.1) is 12.7 Å². The molecule has 5 aromatic rings. The number of rotatable bonds is 6. The van der Waals surface area contributed by atoms with E-state index in [1.807, 2.05) is 37.3 Å². The molecular weight excluding hydrogens is 560 g/mol. The number of sulfone groups is 1. The Morgan fingerprint density at radius 2 is 1.64 bits per heavy atom. The Bertz CT molecular complexity index is 1860. The minimum Gasteiger partial charge on any atom is -0.495 e. The number of fused-ring (bicyclic) bond motifs is 1. The van der Waals surface area contributed by atoms with Crippen LogP contribution in [0.5, 0.6) is 5.75 Å². The van der Waals surface area contributed by atoms with E-state index >= 15 is 0 Å². The lowest BCUT2D eigenvalue weighted by molar-refractivity contribution is 0.413. The van der Waals surface area contributed by atoms with Crippen molar-refractivity contribution in [1.82, 2.24) is 14.5 Å². The second-order valence-electron chi connectivity index (χ2n) is 8.65. The predicted molar refractivity (Wildman–Crippen MR) is 155 cm³/mol. The Morgan fingerprint density at radius 1 is 0.949 bits per heavy atom. The molecule has 39 heavy (non-hydrogen) atoms. The molecule has 7 nitrogen and oxygen atoms in total. The molecular formula is C28H24ClFN3O4PS. The zero-order chi connectivity index (χ0) is 27.0. The molecule has 2 heterocycles. The van der Waals surface area contributed by atoms with Gasteiger partial charge in [-0.3, -0.25) is 9.36 Å². The first-order chi connectivity index (χ1) is 18.2. The zero-order valence-corrected chi connectivity index (χ0v) is 24.0. The van der Waals surface area contributed by atoms with Gasteiger partial charge in [0, 0.05) is 16.5 Å². The van der Waals surface area contributed by atoms with Crippen molar-refractivity contribution in [3.63, 3.8) is 0 Å². The lowest BCUT2D eigenvalue weighted by Crippen LogP contribution is -2.18. The molecule has 0 radical (unpaired) electrons. The maximum absolute atomic E-state index is 13.1. The number of ether oxygens (including phenoxy) is 1. The topological polar surface area (TPSA) is 91.2 Å². The Balaban J connectivity index is 0.00000353. The van der Waals surface area contributed by atoms with E-state index in [1.165, 1.54) is 29.9 Å². The third-order valence-electron chi connectivity index (χ3n) is 6.13. The normalized spacial score (nSPS) is 11.3. The largest absolute Gasteiger partial charge is 0.495 e. The Labute approximate surface area is 232 Å². The van der Waals surface area contributed by atoms with Gasteiger partial charge in [0.2, 0.25) is 0 Å². The van der Waals surface area contributed by atoms with Gasteiger partial charge in [0.1, 0.15) is 17.3 Å². The van der Waals surface area contributed by atoms with E-state index in [1.54, 1.807) is 18.2 Å². The van der Waals surface area contributed by atoms with Crippen LogP contribution in [0.15, 0.2) is 88.8 Å². The summed E-state index contributed by atoms with van der Waals surface area (Å²) in [5, 5.41) is 1.20. The number of nitrogens with zero attached hydrogens (tertiary/aromatic N) is 3. The average molecular weight is 584 g/mol. The molecule has 0 aliphatic carbocycles. The van der Waals surface area contributed by atoms with Crippen LogP contribution in [0.3, 0.4) is 0 Å². The number of methoxy groups -OCH3 is 1. The van der Waals surface area contributed by atoms with Gasteiger partial charge in [0.05, 0.1) is 35.6 Å². The summed E-state index contributed by atoms with van der Waals surface area (Å²) in [7, 11) is -2.31. The second-order valence-corrected chi connectivity index (χ2v) is 11.1. The predicted octanol–water partition coefficient (Wildman–Crippen LogP) is 5.59. The summed E-state index contributed by atoms with van der Waals surface area (Å²) in [6.07, 6.45) is 1.84. The van der Waals surface area contributed by atoms with Crippen molar-refractivity contribution in [2.75, 3.05) is 7.11 Å². The first kappa shape index (κ1) is 28.4. The van der Waals surface area contributed by atoms with Gasteiger partial charge in [-0.05, 0) is 72.1 Å². The molecule has 0 bridgehead atoms. The number of pyridine rings is 1. The van der Waals surface area contributed by atoms with Gasteiger partial charge in [0.25, 0.3) is 5.56 Å². The van der Waals surface area contributed by atoms with E-state index < -0.39 is 21.4 Å². The summed E-state index contributed by atoms with van der Waals surface area (Å²) in [6.45, 7) is 1.92. The third kappa shape index (κ3) is 5.71. The van der Waals surface area contributed by atoms with Crippen LogP contribution in [0.2, 0.25) is 5.02 Å². The number of aromatic nitrogens is 3. The molecule has 11 heteroatoms. The van der Waals surface area contributed by atoms with Crippen molar-refractivity contribution in [3.8, 4) is 22.6 Å². The standard InChI is InChI=1S/C28H21ClFN3O4S.H3P/c1-17-11-18(3-7-23(17)29)19-4-8-25(26(13-19)37-2)33-24-9-6-22(12-20(24)5-10-28(33)34)38(35,36)16-27-31-14-21(30)15-32-27;/h3-15H,16H2,1-2H3;1H3. The molecule has 0 spiro atoms. The van der Waals surface area contributed by atoms with Gasteiger partial charge in [-0.1, -0.05) is 23.7 Å². The number of aryl methyl sites for hydroxylation is 1. The molecule has 5 rings (SSSR count). The quantitative estimate of drug-likeness (QED) is 0.242. The van der Waals surface area contributed by atoms with Gasteiger partial charge >= 0.3 is 0 Å². The van der Waals surface area contributed by atoms with E-state index in [0.717, 1.165) is 29.1 Å². The molecule has 0 N–H and O–H groups in total. The Kier molecular flexibility index (Phi) is 8.16. The number of benzene rings is 3. The highest BCUT2D eigenvalue weighted by atomic mass is 35.5. The van der Waals surface area contributed by atoms with E-state index in [0.29, 0.717) is 27.4 Å². The van der Waals surface area contributed by atoms with Crippen molar-refractivity contribution in [3.05, 3.63) is 112 Å². The molecule has 200 valence electrons. The van der Waals surface area contributed by atoms with Crippen LogP contribution in [0.4, 0.5) is 4.39 Å². The highest BCUT2D eigenvalue weighted by Gasteiger charge is 2.19. The smallest absolute Gasteiger partial charge is 0.255 e. The lowest BCUT2D eigenvalue weighted by atomic mass is 10.0. The molecule has 0 aliphatic heterocycles. The first-order valence-electron chi connectivity index (χ1n) is 11.5. The molecule has 1 unspecified atom stereocenters. The summed E-state index contributed by atoms with van der Waals surface area (Å²) < 4.78 is 46.2. The van der Waals surface area contributed by atoms with Crippen molar-refractivity contribution in [2.45, 2.75) is 17.6 Å². The summed E-state index contributed by atoms with van der Waals surface area (Å²) in [5.74, 6) is -0.689. The van der Waals surface area contributed by atoms with Gasteiger partial charge in [-0.25, -0.2) is 22.8 Å². The van der Waals surface area contributed by atoms with E-state index in [4.69, 9.17) is 16.3 Å². The van der Waals surface area contributed by atoms with Crippen LogP contribution < -0.4 is 10.3 Å². The van der Waals surface area contributed by atoms with Crippen molar-refractivity contribution >= 4 is 42.2 Å². The van der Waals surface area contributed by atoms with E-state index in [-0.39, 0.29) is 26.2 Å². The lowest BCUT2D eigenvalue weighted by Gasteiger charge is -2.16. The van der Waals surface area contributed by atoms with Gasteiger partial charge < -0.3 is 4.74 Å². The molecule has 0 saturated carbocycles. The van der Waals surface area contributed by atoms with Gasteiger partial charge in [-0.15, -0.1) is 0 Å². The highest BCUT2D eigenvalue weighted by molar-refractivity contribution is 7.90. The number of halogens is 2. The van der Waals surface area contributed by atoms with Gasteiger partial charge in [-0.2, -0.15) is 9.90 Å². The van der Waals surface area contributed by atoms with Gasteiger partial charge in [0.15, 0.2) is 15.7 Å². The summed E-state index contributed by atoms with van der Waals surface area (Å²) in [5.41, 5.74) is 3.48. The molecule has 0 amide bonds. The Hall–Kier alpha value is -3.65. The summed E-state index contributed by atoms with van der Waals surface area (Å²) in [6, 6.07) is 18.6. The first-order valence-corrected chi connectivity index (χ1v) is 13.5. The maximum Gasteiger partial charge on any atom is 0.255 e. The minimum absolute atomic E-state index is 0. The highest BCUT2D eigenvalue weighted by Crippen LogP contribution is 2.32. The fraction of sp³-hybridized carbons (Fsp3) is 0.107. The van der Waals surface area contributed by atoms with Crippen LogP contribution >= 0.6 is 21.5 Å². The summed E-state index contributed by atoms with van der Waals surface area (Å²) >= 11 is 6.17. The molecule has 0 aliphatic rings. The van der Waals surface area contributed by atoms with Crippen LogP contribution in [-0.4, -0.2) is 30.1 Å². The molecule has 2 aromatic heterocycles. The zero-order valence-electron chi connectivity index (χ0n) is 21.1. The number of hydrogen-bond acceptors (Lipinski definition) is 6. The monoisotopic (exact) mass is 583 g/mol. The average Bonchev–Trinajstić information content (AvgIpc) is 2.91.